The summed E-state index contributed by atoms with van der Waals surface area (Å²) < 4.78 is 1.24. The lowest BCUT2D eigenvalue weighted by atomic mass is 9.94. The van der Waals surface area contributed by atoms with E-state index in [9.17, 15) is 9.59 Å². The standard InChI is InChI=1S/C18H19N3O2S/c22-17(19-10-14-9-12-3-4-13(14)8-12)11-21-18(23)6-5-15(20-21)16-2-1-7-24-16/h1-7,12-14H,8-11H2,(H,19,22)/t12-,13-,14+/m0/s1. The molecule has 1 amide bonds. The molecule has 2 aromatic heterocycles. The molecule has 3 atom stereocenters. The van der Waals surface area contributed by atoms with Crippen molar-refractivity contribution in [1.82, 2.24) is 15.1 Å². The van der Waals surface area contributed by atoms with E-state index in [0.29, 0.717) is 24.3 Å². The number of thiophene rings is 1. The molecule has 0 saturated heterocycles. The van der Waals surface area contributed by atoms with Crippen LogP contribution in [0.3, 0.4) is 0 Å². The van der Waals surface area contributed by atoms with Gasteiger partial charge in [0.15, 0.2) is 0 Å². The van der Waals surface area contributed by atoms with Gasteiger partial charge in [-0.25, -0.2) is 4.68 Å². The van der Waals surface area contributed by atoms with Crippen LogP contribution in [0.15, 0.2) is 46.6 Å². The van der Waals surface area contributed by atoms with Crippen molar-refractivity contribution in [2.75, 3.05) is 6.54 Å². The number of nitrogens with one attached hydrogen (secondary N) is 1. The number of hydrogen-bond acceptors (Lipinski definition) is 4. The van der Waals surface area contributed by atoms with Crippen LogP contribution in [0.1, 0.15) is 12.8 Å². The summed E-state index contributed by atoms with van der Waals surface area (Å²) in [7, 11) is 0. The Morgan fingerprint density at radius 1 is 1.29 bits per heavy atom. The van der Waals surface area contributed by atoms with Crippen molar-refractivity contribution >= 4 is 17.2 Å². The molecule has 124 valence electrons. The second kappa shape index (κ2) is 6.36. The lowest BCUT2D eigenvalue weighted by molar-refractivity contribution is -0.122. The molecule has 0 unspecified atom stereocenters. The van der Waals surface area contributed by atoms with Gasteiger partial charge in [-0.3, -0.25) is 9.59 Å². The second-order valence-electron chi connectivity index (χ2n) is 6.54. The van der Waals surface area contributed by atoms with Gasteiger partial charge in [0.1, 0.15) is 12.2 Å². The van der Waals surface area contributed by atoms with Gasteiger partial charge in [-0.2, -0.15) is 5.10 Å². The van der Waals surface area contributed by atoms with Crippen molar-refractivity contribution in [3.63, 3.8) is 0 Å². The van der Waals surface area contributed by atoms with E-state index in [1.807, 2.05) is 17.5 Å². The predicted octanol–water partition coefficient (Wildman–Crippen LogP) is 2.30. The fourth-order valence-electron chi connectivity index (χ4n) is 3.68. The normalized spacial score (nSPS) is 24.4. The Labute approximate surface area is 144 Å². The van der Waals surface area contributed by atoms with Crippen LogP contribution in [0.5, 0.6) is 0 Å². The number of aromatic nitrogens is 2. The predicted molar refractivity (Wildman–Crippen MR) is 93.7 cm³/mol. The minimum absolute atomic E-state index is 0.0330. The maximum absolute atomic E-state index is 12.2. The summed E-state index contributed by atoms with van der Waals surface area (Å²) in [6.07, 6.45) is 6.96. The van der Waals surface area contributed by atoms with E-state index >= 15 is 0 Å². The van der Waals surface area contributed by atoms with E-state index in [2.05, 4.69) is 22.6 Å². The number of carbonyl (C=O) groups excluding carboxylic acids is 1. The largest absolute Gasteiger partial charge is 0.354 e. The summed E-state index contributed by atoms with van der Waals surface area (Å²) in [4.78, 5) is 25.1. The third kappa shape index (κ3) is 3.06. The number of hydrogen-bond donors (Lipinski definition) is 1. The molecule has 0 aromatic carbocycles. The molecule has 6 heteroatoms. The molecule has 2 bridgehead atoms. The van der Waals surface area contributed by atoms with Crippen LogP contribution in [-0.2, 0) is 11.3 Å². The van der Waals surface area contributed by atoms with Crippen molar-refractivity contribution in [3.8, 4) is 10.6 Å². The van der Waals surface area contributed by atoms with Gasteiger partial charge < -0.3 is 5.32 Å². The highest BCUT2D eigenvalue weighted by molar-refractivity contribution is 7.13. The minimum Gasteiger partial charge on any atom is -0.354 e. The molecule has 4 rings (SSSR count). The molecule has 1 N–H and O–H groups in total. The monoisotopic (exact) mass is 341 g/mol. The maximum Gasteiger partial charge on any atom is 0.267 e. The van der Waals surface area contributed by atoms with Gasteiger partial charge in [0.25, 0.3) is 5.56 Å². The van der Waals surface area contributed by atoms with Gasteiger partial charge in [0, 0.05) is 12.6 Å². The minimum atomic E-state index is -0.256. The number of rotatable bonds is 5. The van der Waals surface area contributed by atoms with Crippen LogP contribution in [-0.4, -0.2) is 22.2 Å². The van der Waals surface area contributed by atoms with Crippen molar-refractivity contribution in [3.05, 3.63) is 52.2 Å². The van der Waals surface area contributed by atoms with E-state index < -0.39 is 0 Å². The van der Waals surface area contributed by atoms with Crippen LogP contribution in [0, 0.1) is 17.8 Å². The van der Waals surface area contributed by atoms with E-state index in [0.717, 1.165) is 17.0 Å². The molecular formula is C18H19N3O2S. The summed E-state index contributed by atoms with van der Waals surface area (Å²) in [6, 6.07) is 7.05. The van der Waals surface area contributed by atoms with Crippen molar-refractivity contribution in [2.45, 2.75) is 19.4 Å². The Morgan fingerprint density at radius 2 is 2.21 bits per heavy atom. The first kappa shape index (κ1) is 15.3. The summed E-state index contributed by atoms with van der Waals surface area (Å²) in [6.45, 7) is 0.651. The maximum atomic E-state index is 12.2. The van der Waals surface area contributed by atoms with Crippen LogP contribution >= 0.6 is 11.3 Å². The lowest BCUT2D eigenvalue weighted by Gasteiger charge is -2.18. The van der Waals surface area contributed by atoms with Crippen molar-refractivity contribution < 1.29 is 4.79 Å². The fourth-order valence-corrected chi connectivity index (χ4v) is 4.37. The average molecular weight is 341 g/mol. The number of fused-ring (bicyclic) bond motifs is 2. The van der Waals surface area contributed by atoms with E-state index in [-0.39, 0.29) is 18.0 Å². The molecule has 2 aliphatic carbocycles. The number of allylic oxidation sites excluding steroid dienone is 2. The SMILES string of the molecule is O=C(Cn1nc(-c2cccs2)ccc1=O)NC[C@H]1C[C@H]2C=C[C@H]1C2. The van der Waals surface area contributed by atoms with Gasteiger partial charge in [-0.15, -0.1) is 11.3 Å². The first-order chi connectivity index (χ1) is 11.7. The van der Waals surface area contributed by atoms with Crippen LogP contribution in [0.25, 0.3) is 10.6 Å². The van der Waals surface area contributed by atoms with Gasteiger partial charge in [0.05, 0.1) is 4.88 Å². The molecule has 2 heterocycles. The molecule has 0 spiro atoms. The second-order valence-corrected chi connectivity index (χ2v) is 7.48. The highest BCUT2D eigenvalue weighted by atomic mass is 32.1. The third-order valence-corrected chi connectivity index (χ3v) is 5.80. The van der Waals surface area contributed by atoms with E-state index in [1.54, 1.807) is 17.4 Å². The van der Waals surface area contributed by atoms with Crippen LogP contribution in [0.4, 0.5) is 0 Å². The molecule has 1 fully saturated rings. The third-order valence-electron chi connectivity index (χ3n) is 4.91. The Balaban J connectivity index is 1.39. The quantitative estimate of drug-likeness (QED) is 0.849. The zero-order valence-corrected chi connectivity index (χ0v) is 14.0. The number of amides is 1. The molecule has 0 radical (unpaired) electrons. The molecule has 2 aromatic rings. The molecule has 24 heavy (non-hydrogen) atoms. The summed E-state index contributed by atoms with van der Waals surface area (Å²) in [5.74, 6) is 1.69. The Kier molecular flexibility index (Phi) is 4.06. The van der Waals surface area contributed by atoms with Gasteiger partial charge in [-0.05, 0) is 48.1 Å². The molecule has 5 nitrogen and oxygen atoms in total. The Bertz CT molecular complexity index is 825. The molecular weight excluding hydrogens is 322 g/mol. The summed E-state index contributed by atoms with van der Waals surface area (Å²) in [5.41, 5.74) is 0.462. The highest BCUT2D eigenvalue weighted by Crippen LogP contribution is 2.42. The molecule has 1 saturated carbocycles. The van der Waals surface area contributed by atoms with Crippen LogP contribution < -0.4 is 10.9 Å². The Hall–Kier alpha value is -2.21. The highest BCUT2D eigenvalue weighted by Gasteiger charge is 2.35. The Morgan fingerprint density at radius 3 is 2.92 bits per heavy atom. The van der Waals surface area contributed by atoms with Crippen molar-refractivity contribution in [1.29, 1.82) is 0 Å². The smallest absolute Gasteiger partial charge is 0.267 e. The van der Waals surface area contributed by atoms with Gasteiger partial charge in [0.2, 0.25) is 5.91 Å². The number of nitrogens with zero attached hydrogens (tertiary/aromatic N) is 2. The van der Waals surface area contributed by atoms with Gasteiger partial charge >= 0.3 is 0 Å². The van der Waals surface area contributed by atoms with Crippen LogP contribution in [0.2, 0.25) is 0 Å². The summed E-state index contributed by atoms with van der Waals surface area (Å²) >= 11 is 1.56. The van der Waals surface area contributed by atoms with Crippen molar-refractivity contribution in [2.24, 2.45) is 17.8 Å². The molecule has 0 aliphatic heterocycles. The zero-order chi connectivity index (χ0) is 16.5. The fraction of sp³-hybridized carbons (Fsp3) is 0.389. The summed E-state index contributed by atoms with van der Waals surface area (Å²) in [5, 5.41) is 9.25. The number of carbonyl (C=O) groups is 1. The lowest BCUT2D eigenvalue weighted by Crippen LogP contribution is -2.36. The topological polar surface area (TPSA) is 64.0 Å². The zero-order valence-electron chi connectivity index (χ0n) is 13.2. The molecule has 2 aliphatic rings. The first-order valence-corrected chi connectivity index (χ1v) is 9.14. The first-order valence-electron chi connectivity index (χ1n) is 8.26. The average Bonchev–Trinajstić information content (AvgIpc) is 3.32. The van der Waals surface area contributed by atoms with Gasteiger partial charge in [-0.1, -0.05) is 18.2 Å². The van der Waals surface area contributed by atoms with E-state index in [1.165, 1.54) is 17.2 Å². The van der Waals surface area contributed by atoms with E-state index in [4.69, 9.17) is 0 Å².